The third-order valence-electron chi connectivity index (χ3n) is 12.9. The van der Waals surface area contributed by atoms with Crippen LogP contribution in [0.1, 0.15) is 75.3 Å². The van der Waals surface area contributed by atoms with E-state index in [4.69, 9.17) is 23.2 Å². The monoisotopic (exact) mass is 892 g/mol. The molecule has 0 radical (unpaired) electrons. The van der Waals surface area contributed by atoms with Gasteiger partial charge in [-0.05, 0) is 141 Å². The molecule has 2 atom stereocenters. The van der Waals surface area contributed by atoms with Crippen molar-refractivity contribution in [1.82, 2.24) is 9.80 Å². The van der Waals surface area contributed by atoms with Crippen LogP contribution in [-0.4, -0.2) is 74.1 Å². The number of rotatable bonds is 12. The van der Waals surface area contributed by atoms with Crippen molar-refractivity contribution >= 4 is 57.2 Å². The van der Waals surface area contributed by atoms with Crippen molar-refractivity contribution in [1.29, 1.82) is 0 Å². The average molecular weight is 894 g/mol. The van der Waals surface area contributed by atoms with Crippen molar-refractivity contribution in [2.24, 2.45) is 11.8 Å². The highest BCUT2D eigenvalue weighted by Crippen LogP contribution is 2.46. The molecule has 0 spiro atoms. The molecular formula is C48H63Cl2IN4. The largest absolute Gasteiger partial charge is 0.385 e. The first kappa shape index (κ1) is 42.3. The summed E-state index contributed by atoms with van der Waals surface area (Å²) in [5, 5.41) is 5.31. The second-order valence-corrected chi connectivity index (χ2v) is 17.6. The van der Waals surface area contributed by atoms with E-state index in [0.717, 1.165) is 35.0 Å². The van der Waals surface area contributed by atoms with Gasteiger partial charge in [-0.1, -0.05) is 119 Å². The number of nitrogens with zero attached hydrogens (tertiary/aromatic N) is 3. The summed E-state index contributed by atoms with van der Waals surface area (Å²) in [6, 6.07) is 38.6. The van der Waals surface area contributed by atoms with Gasteiger partial charge in [0.2, 0.25) is 0 Å². The number of piperidine rings is 2. The molecule has 1 N–H and O–H groups in total. The molecule has 7 heteroatoms. The Morgan fingerprint density at radius 1 is 0.618 bits per heavy atom. The quantitative estimate of drug-likeness (QED) is 0.113. The Kier molecular flexibility index (Phi) is 16.1. The standard InChI is InChI=1S/C24H31ClN2.C23H29ClN2.CH3I/c1-26(23-8-3-2-4-9-23)17-20-7-5-16-27(18-20)19-24(14-6-15-24)21-10-12-22(25)13-11-21;24-21-11-9-20(10-12-21)23(13-5-14-23)18-26-15-4-6-19(17-26)16-25-22-7-2-1-3-8-22;1-2/h2-4,8-13,20H,5-7,14-19H2,1H3;1-3,7-12,19,25H,4-6,13-18H2;1H3/t20-;19-;/m11./s1. The summed E-state index contributed by atoms with van der Waals surface area (Å²) in [6.07, 6.45) is 13.3. The fourth-order valence-electron chi connectivity index (χ4n) is 9.65. The number of hydrogen-bond donors (Lipinski definition) is 1. The molecule has 296 valence electrons. The van der Waals surface area contributed by atoms with Crippen LogP contribution in [-0.2, 0) is 10.8 Å². The fraction of sp³-hybridized carbons (Fsp3) is 0.500. The van der Waals surface area contributed by atoms with Gasteiger partial charge < -0.3 is 20.0 Å². The molecule has 4 aliphatic rings. The Balaban J connectivity index is 0.000000179. The van der Waals surface area contributed by atoms with Crippen LogP contribution in [0.25, 0.3) is 0 Å². The summed E-state index contributed by atoms with van der Waals surface area (Å²) in [7, 11) is 2.23. The van der Waals surface area contributed by atoms with Crippen LogP contribution in [0.15, 0.2) is 109 Å². The molecule has 0 bridgehead atoms. The zero-order valence-electron chi connectivity index (χ0n) is 33.3. The second-order valence-electron chi connectivity index (χ2n) is 16.7. The van der Waals surface area contributed by atoms with Crippen LogP contribution in [0.2, 0.25) is 10.0 Å². The Morgan fingerprint density at radius 3 is 1.55 bits per heavy atom. The summed E-state index contributed by atoms with van der Waals surface area (Å²) >= 11 is 14.4. The molecule has 2 saturated heterocycles. The van der Waals surface area contributed by atoms with Crippen molar-refractivity contribution in [2.45, 2.75) is 75.0 Å². The SMILES string of the molecule is CI.CN(C[C@H]1CCCN(CC2(c3ccc(Cl)cc3)CCC2)C1)c1ccccc1.Clc1ccc(C2(CN3CCC[C@H](CNc4ccccc4)C3)CCC2)cc1. The average Bonchev–Trinajstić information content (AvgIpc) is 3.20. The molecule has 55 heavy (non-hydrogen) atoms. The molecule has 2 aliphatic carbocycles. The number of halogens is 3. The zero-order chi connectivity index (χ0) is 38.5. The van der Waals surface area contributed by atoms with E-state index in [9.17, 15) is 0 Å². The smallest absolute Gasteiger partial charge is 0.0406 e. The van der Waals surface area contributed by atoms with E-state index < -0.39 is 0 Å². The van der Waals surface area contributed by atoms with Crippen LogP contribution >= 0.6 is 45.8 Å². The van der Waals surface area contributed by atoms with Crippen LogP contribution in [0.4, 0.5) is 11.4 Å². The lowest BCUT2D eigenvalue weighted by Crippen LogP contribution is -2.49. The molecule has 4 aromatic carbocycles. The minimum absolute atomic E-state index is 0.359. The number of hydrogen-bond acceptors (Lipinski definition) is 4. The second kappa shape index (κ2) is 20.9. The minimum atomic E-state index is 0.359. The first-order valence-corrected chi connectivity index (χ1v) is 23.7. The highest BCUT2D eigenvalue weighted by Gasteiger charge is 2.42. The van der Waals surface area contributed by atoms with Gasteiger partial charge in [0.15, 0.2) is 0 Å². The summed E-state index contributed by atoms with van der Waals surface area (Å²) < 4.78 is 0. The highest BCUT2D eigenvalue weighted by atomic mass is 127. The van der Waals surface area contributed by atoms with Crippen molar-refractivity contribution in [3.8, 4) is 0 Å². The summed E-state index contributed by atoms with van der Waals surface area (Å²) in [6.45, 7) is 9.58. The third kappa shape index (κ3) is 11.7. The number of likely N-dealkylation sites (tertiary alicyclic amines) is 2. The van der Waals surface area contributed by atoms with Crippen molar-refractivity contribution in [3.05, 3.63) is 130 Å². The van der Waals surface area contributed by atoms with Crippen molar-refractivity contribution in [3.63, 3.8) is 0 Å². The molecular weight excluding hydrogens is 830 g/mol. The fourth-order valence-corrected chi connectivity index (χ4v) is 9.90. The van der Waals surface area contributed by atoms with E-state index in [-0.39, 0.29) is 0 Å². The highest BCUT2D eigenvalue weighted by molar-refractivity contribution is 14.1. The molecule has 2 aliphatic heterocycles. The van der Waals surface area contributed by atoms with E-state index >= 15 is 0 Å². The van der Waals surface area contributed by atoms with E-state index in [1.165, 1.54) is 126 Å². The zero-order valence-corrected chi connectivity index (χ0v) is 36.9. The molecule has 0 amide bonds. The van der Waals surface area contributed by atoms with Gasteiger partial charge in [0.05, 0.1) is 0 Å². The first-order chi connectivity index (χ1) is 26.9. The summed E-state index contributed by atoms with van der Waals surface area (Å²) in [5.41, 5.74) is 6.25. The van der Waals surface area contributed by atoms with Gasteiger partial charge >= 0.3 is 0 Å². The molecule has 8 rings (SSSR count). The summed E-state index contributed by atoms with van der Waals surface area (Å²) in [4.78, 5) is 9.85. The Labute approximate surface area is 356 Å². The Morgan fingerprint density at radius 2 is 1.07 bits per heavy atom. The number of nitrogens with one attached hydrogen (secondary N) is 1. The van der Waals surface area contributed by atoms with Gasteiger partial charge in [-0.15, -0.1) is 0 Å². The Bertz CT molecular complexity index is 1680. The number of para-hydroxylation sites is 2. The van der Waals surface area contributed by atoms with Gasteiger partial charge in [-0.3, -0.25) is 0 Å². The van der Waals surface area contributed by atoms with Crippen LogP contribution in [0, 0.1) is 11.8 Å². The van der Waals surface area contributed by atoms with Gasteiger partial charge in [0.1, 0.15) is 0 Å². The predicted molar refractivity (Wildman–Crippen MR) is 247 cm³/mol. The number of anilines is 2. The molecule has 4 aromatic rings. The van der Waals surface area contributed by atoms with E-state index in [1.807, 2.05) is 4.93 Å². The number of benzene rings is 4. The Hall–Kier alpha value is -2.29. The van der Waals surface area contributed by atoms with Crippen molar-refractivity contribution < 1.29 is 0 Å². The van der Waals surface area contributed by atoms with Gasteiger partial charge in [0, 0.05) is 78.6 Å². The van der Waals surface area contributed by atoms with E-state index in [0.29, 0.717) is 10.8 Å². The molecule has 2 heterocycles. The van der Waals surface area contributed by atoms with Crippen LogP contribution in [0.3, 0.4) is 0 Å². The summed E-state index contributed by atoms with van der Waals surface area (Å²) in [5.74, 6) is 1.50. The van der Waals surface area contributed by atoms with Gasteiger partial charge in [-0.2, -0.15) is 0 Å². The third-order valence-corrected chi connectivity index (χ3v) is 13.4. The number of alkyl halides is 1. The molecule has 4 fully saturated rings. The first-order valence-electron chi connectivity index (χ1n) is 20.8. The van der Waals surface area contributed by atoms with E-state index in [2.05, 4.69) is 159 Å². The lowest BCUT2D eigenvalue weighted by Gasteiger charge is -2.47. The lowest BCUT2D eigenvalue weighted by molar-refractivity contribution is 0.101. The van der Waals surface area contributed by atoms with Crippen LogP contribution in [0.5, 0.6) is 0 Å². The lowest BCUT2D eigenvalue weighted by atomic mass is 9.64. The molecule has 0 aromatic heterocycles. The minimum Gasteiger partial charge on any atom is -0.385 e. The van der Waals surface area contributed by atoms with Crippen molar-refractivity contribution in [2.75, 3.05) is 74.6 Å². The maximum Gasteiger partial charge on any atom is 0.0406 e. The topological polar surface area (TPSA) is 21.8 Å². The maximum atomic E-state index is 6.12. The van der Waals surface area contributed by atoms with E-state index in [1.54, 1.807) is 0 Å². The van der Waals surface area contributed by atoms with Gasteiger partial charge in [0.25, 0.3) is 0 Å². The van der Waals surface area contributed by atoms with Crippen LogP contribution < -0.4 is 10.2 Å². The predicted octanol–water partition coefficient (Wildman–Crippen LogP) is 12.2. The molecule has 0 unspecified atom stereocenters. The molecule has 2 saturated carbocycles. The molecule has 4 nitrogen and oxygen atoms in total. The normalized spacial score (nSPS) is 21.7. The maximum absolute atomic E-state index is 6.12. The van der Waals surface area contributed by atoms with Gasteiger partial charge in [-0.25, -0.2) is 0 Å².